The van der Waals surface area contributed by atoms with Crippen LogP contribution in [0.5, 0.6) is 0 Å². The Balaban J connectivity index is 1.73. The van der Waals surface area contributed by atoms with E-state index in [9.17, 15) is 4.79 Å². The number of likely N-dealkylation sites (tertiary alicyclic amines) is 1. The zero-order valence-electron chi connectivity index (χ0n) is 12.2. The quantitative estimate of drug-likeness (QED) is 0.831. The summed E-state index contributed by atoms with van der Waals surface area (Å²) in [5.41, 5.74) is 1.75. The number of carbonyl (C=O) groups excluding carboxylic acids is 1. The normalized spacial score (nSPS) is 20.4. The predicted molar refractivity (Wildman–Crippen MR) is 80.0 cm³/mol. The molecule has 20 heavy (non-hydrogen) atoms. The molecule has 0 radical (unpaired) electrons. The van der Waals surface area contributed by atoms with E-state index in [2.05, 4.69) is 16.8 Å². The molecule has 3 heterocycles. The van der Waals surface area contributed by atoms with Crippen LogP contribution in [-0.4, -0.2) is 42.0 Å². The Morgan fingerprint density at radius 2 is 1.90 bits per heavy atom. The Bertz CT molecular complexity index is 474. The second kappa shape index (κ2) is 5.81. The van der Waals surface area contributed by atoms with E-state index in [0.29, 0.717) is 5.69 Å². The van der Waals surface area contributed by atoms with Gasteiger partial charge in [-0.15, -0.1) is 0 Å². The van der Waals surface area contributed by atoms with Gasteiger partial charge in [-0.05, 0) is 43.7 Å². The third-order valence-electron chi connectivity index (χ3n) is 4.50. The third-order valence-corrected chi connectivity index (χ3v) is 4.50. The molecular weight excluding hydrogens is 250 g/mol. The molecule has 1 amide bonds. The van der Waals surface area contributed by atoms with Crippen molar-refractivity contribution >= 4 is 11.6 Å². The van der Waals surface area contributed by atoms with Crippen LogP contribution < -0.4 is 4.90 Å². The standard InChI is InChI=1S/C16H23N3O/c1-13-5-10-18(11-6-13)14-4-7-17-15(12-14)16(20)19-8-2-3-9-19/h4,7,12-13H,2-3,5-6,8-11H2,1H3. The molecule has 4 heteroatoms. The summed E-state index contributed by atoms with van der Waals surface area (Å²) in [6.45, 7) is 6.25. The largest absolute Gasteiger partial charge is 0.371 e. The zero-order valence-corrected chi connectivity index (χ0v) is 12.2. The van der Waals surface area contributed by atoms with Gasteiger partial charge in [0.2, 0.25) is 0 Å². The molecule has 2 fully saturated rings. The van der Waals surface area contributed by atoms with Crippen molar-refractivity contribution in [3.63, 3.8) is 0 Å². The average molecular weight is 273 g/mol. The zero-order chi connectivity index (χ0) is 13.9. The lowest BCUT2D eigenvalue weighted by Gasteiger charge is -2.32. The summed E-state index contributed by atoms with van der Waals surface area (Å²) < 4.78 is 0. The molecule has 0 unspecified atom stereocenters. The van der Waals surface area contributed by atoms with Crippen LogP contribution >= 0.6 is 0 Å². The van der Waals surface area contributed by atoms with Crippen LogP contribution in [0.4, 0.5) is 5.69 Å². The smallest absolute Gasteiger partial charge is 0.272 e. The van der Waals surface area contributed by atoms with E-state index in [1.54, 1.807) is 6.20 Å². The fourth-order valence-electron chi connectivity index (χ4n) is 3.08. The lowest BCUT2D eigenvalue weighted by atomic mass is 9.99. The summed E-state index contributed by atoms with van der Waals surface area (Å²) >= 11 is 0. The fourth-order valence-corrected chi connectivity index (χ4v) is 3.08. The molecule has 1 aromatic heterocycles. The Hall–Kier alpha value is -1.58. The number of carbonyl (C=O) groups is 1. The second-order valence-corrected chi connectivity index (χ2v) is 6.07. The molecule has 0 spiro atoms. The number of piperidine rings is 1. The fraction of sp³-hybridized carbons (Fsp3) is 0.625. The summed E-state index contributed by atoms with van der Waals surface area (Å²) in [7, 11) is 0. The highest BCUT2D eigenvalue weighted by Crippen LogP contribution is 2.23. The van der Waals surface area contributed by atoms with E-state index in [1.165, 1.54) is 12.8 Å². The lowest BCUT2D eigenvalue weighted by molar-refractivity contribution is 0.0787. The van der Waals surface area contributed by atoms with Crippen LogP contribution in [0.25, 0.3) is 0 Å². The first-order valence-electron chi connectivity index (χ1n) is 7.74. The number of pyridine rings is 1. The van der Waals surface area contributed by atoms with Gasteiger partial charge in [-0.3, -0.25) is 9.78 Å². The number of rotatable bonds is 2. The monoisotopic (exact) mass is 273 g/mol. The topological polar surface area (TPSA) is 36.4 Å². The number of amides is 1. The minimum absolute atomic E-state index is 0.0923. The minimum Gasteiger partial charge on any atom is -0.371 e. The summed E-state index contributed by atoms with van der Waals surface area (Å²) in [5, 5.41) is 0. The van der Waals surface area contributed by atoms with Gasteiger partial charge in [0.25, 0.3) is 5.91 Å². The average Bonchev–Trinajstić information content (AvgIpc) is 3.01. The van der Waals surface area contributed by atoms with Crippen LogP contribution in [0.3, 0.4) is 0 Å². The first-order valence-corrected chi connectivity index (χ1v) is 7.74. The van der Waals surface area contributed by atoms with Crippen LogP contribution in [0.1, 0.15) is 43.1 Å². The van der Waals surface area contributed by atoms with Gasteiger partial charge < -0.3 is 9.80 Å². The van der Waals surface area contributed by atoms with Gasteiger partial charge in [0.1, 0.15) is 5.69 Å². The highest BCUT2D eigenvalue weighted by atomic mass is 16.2. The van der Waals surface area contributed by atoms with Crippen LogP contribution in [0.2, 0.25) is 0 Å². The van der Waals surface area contributed by atoms with Gasteiger partial charge in [-0.25, -0.2) is 0 Å². The van der Waals surface area contributed by atoms with Gasteiger partial charge in [0.15, 0.2) is 0 Å². The van der Waals surface area contributed by atoms with E-state index < -0.39 is 0 Å². The molecule has 0 N–H and O–H groups in total. The first-order chi connectivity index (χ1) is 9.74. The first kappa shape index (κ1) is 13.4. The molecule has 2 aliphatic heterocycles. The van der Waals surface area contributed by atoms with Gasteiger partial charge in [-0.1, -0.05) is 6.92 Å². The summed E-state index contributed by atoms with van der Waals surface area (Å²) in [5.74, 6) is 0.911. The Morgan fingerprint density at radius 1 is 1.20 bits per heavy atom. The van der Waals surface area contributed by atoms with Crippen molar-refractivity contribution in [1.29, 1.82) is 0 Å². The lowest BCUT2D eigenvalue weighted by Crippen LogP contribution is -2.33. The van der Waals surface area contributed by atoms with Crippen molar-refractivity contribution in [3.05, 3.63) is 24.0 Å². The molecule has 2 saturated heterocycles. The Labute approximate surface area is 120 Å². The molecule has 0 bridgehead atoms. The molecule has 0 aromatic carbocycles. The van der Waals surface area contributed by atoms with Crippen LogP contribution in [-0.2, 0) is 0 Å². The van der Waals surface area contributed by atoms with Crippen molar-refractivity contribution in [2.24, 2.45) is 5.92 Å². The highest BCUT2D eigenvalue weighted by Gasteiger charge is 2.22. The number of hydrogen-bond donors (Lipinski definition) is 0. The maximum absolute atomic E-state index is 12.4. The molecule has 0 saturated carbocycles. The highest BCUT2D eigenvalue weighted by molar-refractivity contribution is 5.93. The molecule has 0 atom stereocenters. The van der Waals surface area contributed by atoms with Crippen molar-refractivity contribution in [3.8, 4) is 0 Å². The van der Waals surface area contributed by atoms with Crippen molar-refractivity contribution < 1.29 is 4.79 Å². The van der Waals surface area contributed by atoms with E-state index in [4.69, 9.17) is 0 Å². The van der Waals surface area contributed by atoms with Gasteiger partial charge in [0.05, 0.1) is 0 Å². The second-order valence-electron chi connectivity index (χ2n) is 6.07. The number of anilines is 1. The molecule has 1 aromatic rings. The molecule has 108 valence electrons. The van der Waals surface area contributed by atoms with E-state index >= 15 is 0 Å². The molecule has 0 aliphatic carbocycles. The molecule has 4 nitrogen and oxygen atoms in total. The van der Waals surface area contributed by atoms with Crippen molar-refractivity contribution in [2.75, 3.05) is 31.1 Å². The predicted octanol–water partition coefficient (Wildman–Crippen LogP) is 2.55. The molecular formula is C16H23N3O. The van der Waals surface area contributed by atoms with Crippen LogP contribution in [0, 0.1) is 5.92 Å². The summed E-state index contributed by atoms with van der Waals surface area (Å²) in [4.78, 5) is 21.0. The minimum atomic E-state index is 0.0923. The molecule has 2 aliphatic rings. The van der Waals surface area contributed by atoms with Crippen LogP contribution in [0.15, 0.2) is 18.3 Å². The Morgan fingerprint density at radius 3 is 2.60 bits per heavy atom. The number of nitrogens with zero attached hydrogens (tertiary/aromatic N) is 3. The SMILES string of the molecule is CC1CCN(c2ccnc(C(=O)N3CCCC3)c2)CC1. The maximum atomic E-state index is 12.4. The van der Waals surface area contributed by atoms with Gasteiger partial charge in [-0.2, -0.15) is 0 Å². The van der Waals surface area contributed by atoms with Gasteiger partial charge in [0, 0.05) is 38.1 Å². The number of hydrogen-bond acceptors (Lipinski definition) is 3. The third kappa shape index (κ3) is 2.79. The summed E-state index contributed by atoms with van der Waals surface area (Å²) in [6.07, 6.45) is 6.48. The van der Waals surface area contributed by atoms with E-state index in [-0.39, 0.29) is 5.91 Å². The van der Waals surface area contributed by atoms with E-state index in [1.807, 2.05) is 17.0 Å². The van der Waals surface area contributed by atoms with Gasteiger partial charge >= 0.3 is 0 Å². The van der Waals surface area contributed by atoms with Crippen molar-refractivity contribution in [2.45, 2.75) is 32.6 Å². The van der Waals surface area contributed by atoms with E-state index in [0.717, 1.165) is 50.6 Å². The Kier molecular flexibility index (Phi) is 3.90. The van der Waals surface area contributed by atoms with Crippen molar-refractivity contribution in [1.82, 2.24) is 9.88 Å². The maximum Gasteiger partial charge on any atom is 0.272 e. The number of aromatic nitrogens is 1. The molecule has 3 rings (SSSR count). The summed E-state index contributed by atoms with van der Waals surface area (Å²) in [6, 6.07) is 3.99.